The Kier molecular flexibility index (Phi) is 3.75. The van der Waals surface area contributed by atoms with Crippen molar-refractivity contribution in [1.82, 2.24) is 10.3 Å². The molecular formula is C14H16N2O2S. The third-order valence-corrected chi connectivity index (χ3v) is 4.23. The molecule has 0 aliphatic carbocycles. The highest BCUT2D eigenvalue weighted by Gasteiger charge is 2.31. The maximum Gasteiger partial charge on any atom is 0.255 e. The van der Waals surface area contributed by atoms with Crippen LogP contribution in [0.25, 0.3) is 0 Å². The highest BCUT2D eigenvalue weighted by molar-refractivity contribution is 7.99. The van der Waals surface area contributed by atoms with Crippen molar-refractivity contribution < 1.29 is 9.15 Å². The van der Waals surface area contributed by atoms with Crippen LogP contribution in [0.2, 0.25) is 0 Å². The number of fused-ring (bicyclic) bond motifs is 1. The average Bonchev–Trinajstić information content (AvgIpc) is 2.94. The number of thioether (sulfide) groups is 1. The molecule has 1 aromatic heterocycles. The predicted molar refractivity (Wildman–Crippen MR) is 74.5 cm³/mol. The molecule has 2 aromatic rings. The quantitative estimate of drug-likeness (QED) is 0.930. The summed E-state index contributed by atoms with van der Waals surface area (Å²) in [6.45, 7) is 3.69. The van der Waals surface area contributed by atoms with E-state index in [4.69, 9.17) is 9.15 Å². The molecule has 0 spiro atoms. The molecule has 2 heterocycles. The zero-order valence-electron chi connectivity index (χ0n) is 10.7. The number of aromatic nitrogens is 1. The zero-order valence-corrected chi connectivity index (χ0v) is 11.5. The molecule has 0 fully saturated rings. The van der Waals surface area contributed by atoms with E-state index in [-0.39, 0.29) is 11.3 Å². The normalized spacial score (nSPS) is 21.7. The molecular weight excluding hydrogens is 260 g/mol. The van der Waals surface area contributed by atoms with Crippen LogP contribution in [0.3, 0.4) is 0 Å². The van der Waals surface area contributed by atoms with E-state index in [1.807, 2.05) is 18.2 Å². The maximum absolute atomic E-state index is 5.83. The summed E-state index contributed by atoms with van der Waals surface area (Å²) in [5.41, 5.74) is 1.21. The first kappa shape index (κ1) is 12.6. The van der Waals surface area contributed by atoms with E-state index in [0.29, 0.717) is 11.8 Å². The molecule has 1 aliphatic rings. The Morgan fingerprint density at radius 1 is 1.42 bits per heavy atom. The minimum absolute atomic E-state index is 0.256. The SMILES string of the molecule is CCNC1c2ccccc2OCC1Sc1ncco1. The largest absolute Gasteiger partial charge is 0.492 e. The van der Waals surface area contributed by atoms with Crippen molar-refractivity contribution in [2.45, 2.75) is 23.4 Å². The number of benzene rings is 1. The summed E-state index contributed by atoms with van der Waals surface area (Å²) < 4.78 is 11.2. The first-order valence-corrected chi connectivity index (χ1v) is 7.27. The van der Waals surface area contributed by atoms with Crippen LogP contribution in [0, 0.1) is 0 Å². The number of hydrogen-bond donors (Lipinski definition) is 1. The van der Waals surface area contributed by atoms with Crippen LogP contribution in [0.5, 0.6) is 5.75 Å². The van der Waals surface area contributed by atoms with Crippen LogP contribution in [0.1, 0.15) is 18.5 Å². The van der Waals surface area contributed by atoms with Crippen LogP contribution in [-0.2, 0) is 0 Å². The Bertz CT molecular complexity index is 530. The van der Waals surface area contributed by atoms with Gasteiger partial charge < -0.3 is 14.5 Å². The Balaban J connectivity index is 1.85. The monoisotopic (exact) mass is 276 g/mol. The van der Waals surface area contributed by atoms with Gasteiger partial charge in [0, 0.05) is 5.56 Å². The minimum Gasteiger partial charge on any atom is -0.492 e. The molecule has 0 bridgehead atoms. The van der Waals surface area contributed by atoms with Gasteiger partial charge in [-0.1, -0.05) is 36.9 Å². The summed E-state index contributed by atoms with van der Waals surface area (Å²) in [4.78, 5) is 4.17. The van der Waals surface area contributed by atoms with E-state index in [1.54, 1.807) is 24.2 Å². The van der Waals surface area contributed by atoms with Gasteiger partial charge in [-0.25, -0.2) is 4.98 Å². The fraction of sp³-hybridized carbons (Fsp3) is 0.357. The van der Waals surface area contributed by atoms with Gasteiger partial charge in [0.15, 0.2) is 0 Å². The lowest BCUT2D eigenvalue weighted by molar-refractivity contribution is 0.260. The fourth-order valence-corrected chi connectivity index (χ4v) is 3.31. The van der Waals surface area contributed by atoms with Crippen molar-refractivity contribution in [2.24, 2.45) is 0 Å². The lowest BCUT2D eigenvalue weighted by Gasteiger charge is -2.32. The van der Waals surface area contributed by atoms with Crippen LogP contribution in [0.15, 0.2) is 46.4 Å². The average molecular weight is 276 g/mol. The number of para-hydroxylation sites is 1. The number of ether oxygens (including phenoxy) is 1. The topological polar surface area (TPSA) is 47.3 Å². The second kappa shape index (κ2) is 5.67. The highest BCUT2D eigenvalue weighted by Crippen LogP contribution is 2.39. The smallest absolute Gasteiger partial charge is 0.255 e. The van der Waals surface area contributed by atoms with Crippen LogP contribution < -0.4 is 10.1 Å². The van der Waals surface area contributed by atoms with Gasteiger partial charge in [-0.2, -0.15) is 0 Å². The summed E-state index contributed by atoms with van der Waals surface area (Å²) in [7, 11) is 0. The Morgan fingerprint density at radius 2 is 2.32 bits per heavy atom. The van der Waals surface area contributed by atoms with Crippen molar-refractivity contribution in [1.29, 1.82) is 0 Å². The predicted octanol–water partition coefficient (Wildman–Crippen LogP) is 2.88. The van der Waals surface area contributed by atoms with Gasteiger partial charge >= 0.3 is 0 Å². The summed E-state index contributed by atoms with van der Waals surface area (Å²) in [6, 6.07) is 8.44. The Labute approximate surface area is 116 Å². The van der Waals surface area contributed by atoms with Gasteiger partial charge in [0.1, 0.15) is 18.6 Å². The molecule has 1 aliphatic heterocycles. The van der Waals surface area contributed by atoms with Gasteiger partial charge in [-0.15, -0.1) is 0 Å². The molecule has 1 aromatic carbocycles. The number of rotatable bonds is 4. The summed E-state index contributed by atoms with van der Waals surface area (Å²) >= 11 is 1.62. The van der Waals surface area contributed by atoms with E-state index in [0.717, 1.165) is 12.3 Å². The van der Waals surface area contributed by atoms with Crippen LogP contribution >= 0.6 is 11.8 Å². The summed E-state index contributed by atoms with van der Waals surface area (Å²) in [6.07, 6.45) is 3.27. The fourth-order valence-electron chi connectivity index (χ4n) is 2.30. The minimum atomic E-state index is 0.256. The highest BCUT2D eigenvalue weighted by atomic mass is 32.2. The van der Waals surface area contributed by atoms with E-state index >= 15 is 0 Å². The van der Waals surface area contributed by atoms with Crippen molar-refractivity contribution in [2.75, 3.05) is 13.2 Å². The molecule has 0 saturated carbocycles. The number of hydrogen-bond acceptors (Lipinski definition) is 5. The molecule has 3 rings (SSSR count). The maximum atomic E-state index is 5.83. The van der Waals surface area contributed by atoms with E-state index < -0.39 is 0 Å². The molecule has 0 amide bonds. The van der Waals surface area contributed by atoms with Crippen molar-refractivity contribution in [3.8, 4) is 5.75 Å². The number of nitrogens with one attached hydrogen (secondary N) is 1. The standard InChI is InChI=1S/C14H16N2O2S/c1-2-15-13-10-5-3-4-6-11(10)18-9-12(13)19-14-16-7-8-17-14/h3-8,12-13,15H,2,9H2,1H3. The van der Waals surface area contributed by atoms with Crippen molar-refractivity contribution in [3.63, 3.8) is 0 Å². The third-order valence-electron chi connectivity index (χ3n) is 3.11. The van der Waals surface area contributed by atoms with Gasteiger partial charge in [0.05, 0.1) is 17.5 Å². The lowest BCUT2D eigenvalue weighted by atomic mass is 10.0. The first-order chi connectivity index (χ1) is 9.38. The summed E-state index contributed by atoms with van der Waals surface area (Å²) in [5, 5.41) is 4.48. The summed E-state index contributed by atoms with van der Waals surface area (Å²) in [5.74, 6) is 0.970. The second-order valence-corrected chi connectivity index (χ2v) is 5.53. The lowest BCUT2D eigenvalue weighted by Crippen LogP contribution is -2.37. The first-order valence-electron chi connectivity index (χ1n) is 6.39. The number of oxazole rings is 1. The van der Waals surface area contributed by atoms with Crippen molar-refractivity contribution in [3.05, 3.63) is 42.3 Å². The molecule has 100 valence electrons. The van der Waals surface area contributed by atoms with Gasteiger partial charge in [-0.3, -0.25) is 0 Å². The molecule has 19 heavy (non-hydrogen) atoms. The molecule has 5 heteroatoms. The Morgan fingerprint density at radius 3 is 3.11 bits per heavy atom. The second-order valence-electron chi connectivity index (χ2n) is 4.34. The van der Waals surface area contributed by atoms with E-state index in [1.165, 1.54) is 5.56 Å². The van der Waals surface area contributed by atoms with Gasteiger partial charge in [0.2, 0.25) is 0 Å². The molecule has 1 N–H and O–H groups in total. The van der Waals surface area contributed by atoms with E-state index in [9.17, 15) is 0 Å². The zero-order chi connectivity index (χ0) is 13.1. The van der Waals surface area contributed by atoms with Gasteiger partial charge in [-0.05, 0) is 12.6 Å². The number of nitrogens with zero attached hydrogens (tertiary/aromatic N) is 1. The van der Waals surface area contributed by atoms with E-state index in [2.05, 4.69) is 23.3 Å². The van der Waals surface area contributed by atoms with Crippen molar-refractivity contribution >= 4 is 11.8 Å². The van der Waals surface area contributed by atoms with Crippen LogP contribution in [-0.4, -0.2) is 23.4 Å². The van der Waals surface area contributed by atoms with Gasteiger partial charge in [0.25, 0.3) is 5.22 Å². The molecule has 4 nitrogen and oxygen atoms in total. The van der Waals surface area contributed by atoms with Crippen LogP contribution in [0.4, 0.5) is 0 Å². The Hall–Kier alpha value is -1.46. The molecule has 0 saturated heterocycles. The molecule has 2 atom stereocenters. The molecule has 2 unspecified atom stereocenters. The molecule has 0 radical (unpaired) electrons. The third kappa shape index (κ3) is 2.62.